The van der Waals surface area contributed by atoms with Gasteiger partial charge in [0.25, 0.3) is 5.95 Å². The number of hydrogen-bond donors (Lipinski definition) is 1. The number of rotatable bonds is 2. The summed E-state index contributed by atoms with van der Waals surface area (Å²) in [4.78, 5) is 16.6. The molecule has 3 aromatic rings. The maximum Gasteiger partial charge on any atom is 0.255 e. The van der Waals surface area contributed by atoms with Crippen molar-refractivity contribution < 1.29 is 0 Å². The fourth-order valence-corrected chi connectivity index (χ4v) is 1.48. The van der Waals surface area contributed by atoms with Gasteiger partial charge >= 0.3 is 0 Å². The highest BCUT2D eigenvalue weighted by atomic mass is 15.4. The summed E-state index contributed by atoms with van der Waals surface area (Å²) in [5.74, 6) is 0.929. The van der Waals surface area contributed by atoms with Crippen LogP contribution in [0.15, 0.2) is 42.9 Å². The van der Waals surface area contributed by atoms with E-state index in [0.29, 0.717) is 17.5 Å². The SMILES string of the molecule is Nc1nc(-c2ccccn2)nc(-n2cccn2)n1. The lowest BCUT2D eigenvalue weighted by Crippen LogP contribution is -2.08. The Labute approximate surface area is 102 Å². The highest BCUT2D eigenvalue weighted by Gasteiger charge is 2.08. The highest BCUT2D eigenvalue weighted by Crippen LogP contribution is 2.13. The van der Waals surface area contributed by atoms with Gasteiger partial charge in [0.2, 0.25) is 5.95 Å². The van der Waals surface area contributed by atoms with E-state index in [1.807, 2.05) is 18.2 Å². The average molecular weight is 239 g/mol. The number of aromatic nitrogens is 6. The Balaban J connectivity index is 2.12. The van der Waals surface area contributed by atoms with Crippen LogP contribution in [0.4, 0.5) is 5.95 Å². The lowest BCUT2D eigenvalue weighted by Gasteiger charge is -2.03. The first kappa shape index (κ1) is 10.3. The van der Waals surface area contributed by atoms with Crippen molar-refractivity contribution in [1.29, 1.82) is 0 Å². The molecule has 3 rings (SSSR count). The molecule has 88 valence electrons. The van der Waals surface area contributed by atoms with Crippen LogP contribution in [-0.4, -0.2) is 29.7 Å². The van der Waals surface area contributed by atoms with Crippen LogP contribution in [0, 0.1) is 0 Å². The summed E-state index contributed by atoms with van der Waals surface area (Å²) >= 11 is 0. The van der Waals surface area contributed by atoms with E-state index in [4.69, 9.17) is 5.73 Å². The maximum absolute atomic E-state index is 5.67. The van der Waals surface area contributed by atoms with E-state index in [9.17, 15) is 0 Å². The molecule has 0 atom stereocenters. The van der Waals surface area contributed by atoms with Gasteiger partial charge < -0.3 is 5.73 Å². The smallest absolute Gasteiger partial charge is 0.255 e. The van der Waals surface area contributed by atoms with Crippen molar-refractivity contribution in [3.8, 4) is 17.5 Å². The number of nitrogens with zero attached hydrogens (tertiary/aromatic N) is 6. The van der Waals surface area contributed by atoms with Crippen molar-refractivity contribution in [3.05, 3.63) is 42.9 Å². The molecule has 0 unspecified atom stereocenters. The Hall–Kier alpha value is -2.83. The van der Waals surface area contributed by atoms with Crippen LogP contribution in [0.1, 0.15) is 0 Å². The second-order valence-electron chi connectivity index (χ2n) is 3.48. The van der Waals surface area contributed by atoms with E-state index in [0.717, 1.165) is 0 Å². The average Bonchev–Trinajstić information content (AvgIpc) is 2.93. The van der Waals surface area contributed by atoms with E-state index in [1.165, 1.54) is 4.68 Å². The summed E-state index contributed by atoms with van der Waals surface area (Å²) in [7, 11) is 0. The molecule has 7 heteroatoms. The molecule has 0 fully saturated rings. The minimum Gasteiger partial charge on any atom is -0.368 e. The van der Waals surface area contributed by atoms with Gasteiger partial charge in [-0.2, -0.15) is 20.1 Å². The lowest BCUT2D eigenvalue weighted by molar-refractivity contribution is 0.800. The minimum atomic E-state index is 0.135. The molecule has 0 aliphatic rings. The summed E-state index contributed by atoms with van der Waals surface area (Å²) in [6.07, 6.45) is 5.04. The van der Waals surface area contributed by atoms with Gasteiger partial charge in [-0.25, -0.2) is 4.68 Å². The zero-order chi connectivity index (χ0) is 12.4. The summed E-state index contributed by atoms with van der Waals surface area (Å²) in [6, 6.07) is 7.26. The predicted molar refractivity (Wildman–Crippen MR) is 64.6 cm³/mol. The van der Waals surface area contributed by atoms with Gasteiger partial charge in [-0.05, 0) is 18.2 Å². The molecule has 3 heterocycles. The Morgan fingerprint density at radius 2 is 1.94 bits per heavy atom. The van der Waals surface area contributed by atoms with Gasteiger partial charge in [0, 0.05) is 18.6 Å². The lowest BCUT2D eigenvalue weighted by atomic mass is 10.3. The molecule has 0 saturated heterocycles. The van der Waals surface area contributed by atoms with Crippen LogP contribution in [-0.2, 0) is 0 Å². The Morgan fingerprint density at radius 3 is 2.67 bits per heavy atom. The van der Waals surface area contributed by atoms with Crippen molar-refractivity contribution in [2.75, 3.05) is 5.73 Å². The molecule has 0 spiro atoms. The van der Waals surface area contributed by atoms with Crippen molar-refractivity contribution in [3.63, 3.8) is 0 Å². The van der Waals surface area contributed by atoms with Gasteiger partial charge in [-0.1, -0.05) is 6.07 Å². The first-order chi connectivity index (χ1) is 8.83. The first-order valence-corrected chi connectivity index (χ1v) is 5.26. The molecule has 0 bridgehead atoms. The predicted octanol–water partition coefficient (Wildman–Crippen LogP) is 0.701. The van der Waals surface area contributed by atoms with Gasteiger partial charge in [0.1, 0.15) is 5.69 Å². The van der Waals surface area contributed by atoms with E-state index in [1.54, 1.807) is 24.7 Å². The number of nitrogen functional groups attached to an aromatic ring is 1. The van der Waals surface area contributed by atoms with Crippen LogP contribution < -0.4 is 5.73 Å². The van der Waals surface area contributed by atoms with E-state index < -0.39 is 0 Å². The number of nitrogens with two attached hydrogens (primary N) is 1. The Kier molecular flexibility index (Phi) is 2.41. The summed E-state index contributed by atoms with van der Waals surface area (Å²) in [5.41, 5.74) is 6.31. The van der Waals surface area contributed by atoms with Crippen LogP contribution in [0.3, 0.4) is 0 Å². The third kappa shape index (κ3) is 1.88. The monoisotopic (exact) mass is 239 g/mol. The fraction of sp³-hybridized carbons (Fsp3) is 0. The second-order valence-corrected chi connectivity index (χ2v) is 3.48. The van der Waals surface area contributed by atoms with E-state index >= 15 is 0 Å². The normalized spacial score (nSPS) is 10.4. The van der Waals surface area contributed by atoms with Gasteiger partial charge in [0.15, 0.2) is 5.82 Å². The topological polar surface area (TPSA) is 95.4 Å². The molecule has 0 saturated carbocycles. The zero-order valence-electron chi connectivity index (χ0n) is 9.30. The van der Waals surface area contributed by atoms with Gasteiger partial charge in [-0.3, -0.25) is 4.98 Å². The molecule has 18 heavy (non-hydrogen) atoms. The van der Waals surface area contributed by atoms with Crippen LogP contribution in [0.5, 0.6) is 0 Å². The summed E-state index contributed by atoms with van der Waals surface area (Å²) in [6.45, 7) is 0. The zero-order valence-corrected chi connectivity index (χ0v) is 9.30. The second kappa shape index (κ2) is 4.21. The maximum atomic E-state index is 5.67. The van der Waals surface area contributed by atoms with Gasteiger partial charge in [0.05, 0.1) is 0 Å². The molecule has 0 aliphatic carbocycles. The Morgan fingerprint density at radius 1 is 1.00 bits per heavy atom. The Bertz CT molecular complexity index is 648. The first-order valence-electron chi connectivity index (χ1n) is 5.26. The largest absolute Gasteiger partial charge is 0.368 e. The molecular weight excluding hydrogens is 230 g/mol. The van der Waals surface area contributed by atoms with E-state index in [2.05, 4.69) is 25.0 Å². The number of pyridine rings is 1. The third-order valence-corrected chi connectivity index (χ3v) is 2.24. The van der Waals surface area contributed by atoms with Crippen LogP contribution in [0.25, 0.3) is 17.5 Å². The van der Waals surface area contributed by atoms with Crippen LogP contribution >= 0.6 is 0 Å². The third-order valence-electron chi connectivity index (χ3n) is 2.24. The molecule has 3 aromatic heterocycles. The standard InChI is InChI=1S/C11H9N7/c12-10-15-9(8-4-1-2-5-13-8)16-11(17-10)18-7-3-6-14-18/h1-7H,(H2,12,15,16,17). The highest BCUT2D eigenvalue weighted by molar-refractivity contribution is 5.50. The van der Waals surface area contributed by atoms with Crippen molar-refractivity contribution in [1.82, 2.24) is 29.7 Å². The van der Waals surface area contributed by atoms with Crippen molar-refractivity contribution >= 4 is 5.95 Å². The molecular formula is C11H9N7. The quantitative estimate of drug-likeness (QED) is 0.707. The molecule has 0 aromatic carbocycles. The number of hydrogen-bond acceptors (Lipinski definition) is 6. The molecule has 7 nitrogen and oxygen atoms in total. The molecule has 0 aliphatic heterocycles. The van der Waals surface area contributed by atoms with Crippen molar-refractivity contribution in [2.24, 2.45) is 0 Å². The summed E-state index contributed by atoms with van der Waals surface area (Å²) < 4.78 is 1.52. The summed E-state index contributed by atoms with van der Waals surface area (Å²) in [5, 5.41) is 4.05. The molecule has 2 N–H and O–H groups in total. The molecule has 0 radical (unpaired) electrons. The fourth-order valence-electron chi connectivity index (χ4n) is 1.48. The molecule has 0 amide bonds. The number of anilines is 1. The minimum absolute atomic E-state index is 0.135. The van der Waals surface area contributed by atoms with Crippen molar-refractivity contribution in [2.45, 2.75) is 0 Å². The van der Waals surface area contributed by atoms with Crippen LogP contribution in [0.2, 0.25) is 0 Å². The van der Waals surface area contributed by atoms with Gasteiger partial charge in [-0.15, -0.1) is 0 Å². The van der Waals surface area contributed by atoms with E-state index in [-0.39, 0.29) is 5.95 Å².